The first kappa shape index (κ1) is 13.4. The highest BCUT2D eigenvalue weighted by Gasteiger charge is 1.98. The third-order valence-electron chi connectivity index (χ3n) is 3.48. The van der Waals surface area contributed by atoms with Gasteiger partial charge < -0.3 is 5.32 Å². The van der Waals surface area contributed by atoms with Crippen LogP contribution in [0.4, 0.5) is 5.69 Å². The SMILES string of the molecule is CCc1ccc(CNc2ccc(-n3cncn3)cc2)cc1. The average Bonchev–Trinajstić information content (AvgIpc) is 3.08. The van der Waals surface area contributed by atoms with Crippen molar-refractivity contribution < 1.29 is 0 Å². The third kappa shape index (κ3) is 3.28. The Bertz CT molecular complexity index is 670. The summed E-state index contributed by atoms with van der Waals surface area (Å²) in [7, 11) is 0. The van der Waals surface area contributed by atoms with Crippen LogP contribution in [0.2, 0.25) is 0 Å². The Balaban J connectivity index is 1.62. The Kier molecular flexibility index (Phi) is 3.96. The van der Waals surface area contributed by atoms with Crippen LogP contribution in [0, 0.1) is 0 Å². The molecule has 0 amide bonds. The quantitative estimate of drug-likeness (QED) is 0.777. The third-order valence-corrected chi connectivity index (χ3v) is 3.48. The van der Waals surface area contributed by atoms with Gasteiger partial charge >= 0.3 is 0 Å². The Morgan fingerprint density at radius 1 is 0.952 bits per heavy atom. The maximum Gasteiger partial charge on any atom is 0.138 e. The van der Waals surface area contributed by atoms with Crippen LogP contribution in [0.3, 0.4) is 0 Å². The molecule has 3 rings (SSSR count). The number of nitrogens with zero attached hydrogens (tertiary/aromatic N) is 3. The van der Waals surface area contributed by atoms with Gasteiger partial charge in [0.2, 0.25) is 0 Å². The van der Waals surface area contributed by atoms with E-state index < -0.39 is 0 Å². The molecule has 0 radical (unpaired) electrons. The molecule has 3 aromatic rings. The number of aryl methyl sites for hydroxylation is 1. The van der Waals surface area contributed by atoms with Crippen LogP contribution < -0.4 is 5.32 Å². The van der Waals surface area contributed by atoms with Gasteiger partial charge in [0, 0.05) is 12.2 Å². The van der Waals surface area contributed by atoms with Crippen molar-refractivity contribution in [3.8, 4) is 5.69 Å². The van der Waals surface area contributed by atoms with Crippen LogP contribution in [0.5, 0.6) is 0 Å². The number of hydrogen-bond acceptors (Lipinski definition) is 3. The van der Waals surface area contributed by atoms with Crippen molar-refractivity contribution in [1.82, 2.24) is 14.8 Å². The molecule has 1 aromatic heterocycles. The summed E-state index contributed by atoms with van der Waals surface area (Å²) in [5.41, 5.74) is 4.76. The maximum absolute atomic E-state index is 4.11. The molecule has 0 spiro atoms. The van der Waals surface area contributed by atoms with E-state index in [1.807, 2.05) is 12.1 Å². The van der Waals surface area contributed by atoms with Crippen molar-refractivity contribution >= 4 is 5.69 Å². The molecular weight excluding hydrogens is 260 g/mol. The van der Waals surface area contributed by atoms with Crippen LogP contribution in [0.25, 0.3) is 5.69 Å². The van der Waals surface area contributed by atoms with Crippen molar-refractivity contribution in [2.24, 2.45) is 0 Å². The van der Waals surface area contributed by atoms with E-state index >= 15 is 0 Å². The van der Waals surface area contributed by atoms with Gasteiger partial charge in [0.1, 0.15) is 12.7 Å². The van der Waals surface area contributed by atoms with Crippen molar-refractivity contribution in [2.75, 3.05) is 5.32 Å². The molecule has 1 heterocycles. The Labute approximate surface area is 124 Å². The fraction of sp³-hybridized carbons (Fsp3) is 0.176. The van der Waals surface area contributed by atoms with Crippen LogP contribution in [0.1, 0.15) is 18.1 Å². The zero-order valence-corrected chi connectivity index (χ0v) is 12.0. The number of nitrogens with one attached hydrogen (secondary N) is 1. The first-order valence-corrected chi connectivity index (χ1v) is 7.12. The molecule has 4 heteroatoms. The van der Waals surface area contributed by atoms with Gasteiger partial charge in [0.15, 0.2) is 0 Å². The lowest BCUT2D eigenvalue weighted by Crippen LogP contribution is -2.00. The summed E-state index contributed by atoms with van der Waals surface area (Å²) in [5.74, 6) is 0. The summed E-state index contributed by atoms with van der Waals surface area (Å²) in [5, 5.41) is 7.54. The van der Waals surface area contributed by atoms with Gasteiger partial charge in [-0.2, -0.15) is 5.10 Å². The highest BCUT2D eigenvalue weighted by molar-refractivity contribution is 5.48. The number of anilines is 1. The zero-order valence-electron chi connectivity index (χ0n) is 12.0. The van der Waals surface area contributed by atoms with E-state index in [0.717, 1.165) is 24.3 Å². The van der Waals surface area contributed by atoms with E-state index in [2.05, 4.69) is 58.7 Å². The molecule has 0 fully saturated rings. The van der Waals surface area contributed by atoms with Crippen LogP contribution in [0.15, 0.2) is 61.2 Å². The van der Waals surface area contributed by atoms with Crippen molar-refractivity contribution in [3.63, 3.8) is 0 Å². The lowest BCUT2D eigenvalue weighted by molar-refractivity contribution is 0.879. The van der Waals surface area contributed by atoms with E-state index in [-0.39, 0.29) is 0 Å². The van der Waals surface area contributed by atoms with Gasteiger partial charge in [-0.1, -0.05) is 31.2 Å². The molecule has 1 N–H and O–H groups in total. The second kappa shape index (κ2) is 6.22. The zero-order chi connectivity index (χ0) is 14.5. The predicted octanol–water partition coefficient (Wildman–Crippen LogP) is 3.44. The standard InChI is InChI=1S/C17H18N4/c1-2-14-3-5-15(6-4-14)11-19-16-7-9-17(10-8-16)21-13-18-12-20-21/h3-10,12-13,19H,2,11H2,1H3. The molecule has 0 unspecified atom stereocenters. The van der Waals surface area contributed by atoms with E-state index in [1.165, 1.54) is 17.5 Å². The lowest BCUT2D eigenvalue weighted by atomic mass is 10.1. The molecule has 2 aromatic carbocycles. The minimum absolute atomic E-state index is 0.826. The Hall–Kier alpha value is -2.62. The summed E-state index contributed by atoms with van der Waals surface area (Å²) in [4.78, 5) is 3.95. The molecule has 0 aliphatic heterocycles. The van der Waals surface area contributed by atoms with E-state index in [0.29, 0.717) is 0 Å². The van der Waals surface area contributed by atoms with Crippen molar-refractivity contribution in [2.45, 2.75) is 19.9 Å². The number of hydrogen-bond donors (Lipinski definition) is 1. The molecule has 4 nitrogen and oxygen atoms in total. The summed E-state index contributed by atoms with van der Waals surface area (Å²) >= 11 is 0. The second-order valence-electron chi connectivity index (χ2n) is 4.91. The molecule has 0 saturated carbocycles. The van der Waals surface area contributed by atoms with Gasteiger partial charge in [-0.15, -0.1) is 0 Å². The summed E-state index contributed by atoms with van der Waals surface area (Å²) < 4.78 is 1.74. The minimum atomic E-state index is 0.826. The first-order chi connectivity index (χ1) is 10.3. The van der Waals surface area contributed by atoms with Crippen molar-refractivity contribution in [1.29, 1.82) is 0 Å². The number of rotatable bonds is 5. The molecule has 0 aliphatic rings. The Morgan fingerprint density at radius 3 is 2.29 bits per heavy atom. The molecular formula is C17H18N4. The number of aromatic nitrogens is 3. The molecule has 106 valence electrons. The first-order valence-electron chi connectivity index (χ1n) is 7.12. The highest BCUT2D eigenvalue weighted by atomic mass is 15.3. The maximum atomic E-state index is 4.11. The molecule has 0 atom stereocenters. The second-order valence-corrected chi connectivity index (χ2v) is 4.91. The highest BCUT2D eigenvalue weighted by Crippen LogP contribution is 2.14. The summed E-state index contributed by atoms with van der Waals surface area (Å²) in [6, 6.07) is 16.9. The fourth-order valence-corrected chi connectivity index (χ4v) is 2.17. The fourth-order valence-electron chi connectivity index (χ4n) is 2.17. The predicted molar refractivity (Wildman–Crippen MR) is 84.5 cm³/mol. The Morgan fingerprint density at radius 2 is 1.67 bits per heavy atom. The van der Waals surface area contributed by atoms with Gasteiger partial charge in [-0.05, 0) is 41.8 Å². The summed E-state index contributed by atoms with van der Waals surface area (Å²) in [6.45, 7) is 3.00. The molecule has 0 saturated heterocycles. The average molecular weight is 278 g/mol. The van der Waals surface area contributed by atoms with Gasteiger partial charge in [-0.25, -0.2) is 9.67 Å². The molecule has 21 heavy (non-hydrogen) atoms. The van der Waals surface area contributed by atoms with Gasteiger partial charge in [-0.3, -0.25) is 0 Å². The largest absolute Gasteiger partial charge is 0.381 e. The monoisotopic (exact) mass is 278 g/mol. The topological polar surface area (TPSA) is 42.7 Å². The normalized spacial score (nSPS) is 10.5. The van der Waals surface area contributed by atoms with E-state index in [4.69, 9.17) is 0 Å². The van der Waals surface area contributed by atoms with Crippen LogP contribution in [-0.2, 0) is 13.0 Å². The lowest BCUT2D eigenvalue weighted by Gasteiger charge is -2.08. The van der Waals surface area contributed by atoms with Gasteiger partial charge in [0.25, 0.3) is 0 Å². The molecule has 0 aliphatic carbocycles. The smallest absolute Gasteiger partial charge is 0.138 e. The van der Waals surface area contributed by atoms with Crippen LogP contribution in [-0.4, -0.2) is 14.8 Å². The van der Waals surface area contributed by atoms with Crippen LogP contribution >= 0.6 is 0 Å². The van der Waals surface area contributed by atoms with Gasteiger partial charge in [0.05, 0.1) is 5.69 Å². The molecule has 0 bridgehead atoms. The minimum Gasteiger partial charge on any atom is -0.381 e. The number of benzene rings is 2. The van der Waals surface area contributed by atoms with Crippen molar-refractivity contribution in [3.05, 3.63) is 72.3 Å². The summed E-state index contributed by atoms with van der Waals surface area (Å²) in [6.07, 6.45) is 4.31. The van der Waals surface area contributed by atoms with E-state index in [9.17, 15) is 0 Å². The van der Waals surface area contributed by atoms with E-state index in [1.54, 1.807) is 11.0 Å².